The Morgan fingerprint density at radius 1 is 1.32 bits per heavy atom. The molecule has 1 N–H and O–H groups in total. The third kappa shape index (κ3) is 4.15. The Labute approximate surface area is 129 Å². The molecule has 7 heteroatoms. The highest BCUT2D eigenvalue weighted by Crippen LogP contribution is 2.18. The van der Waals surface area contributed by atoms with E-state index in [-0.39, 0.29) is 12.3 Å². The fraction of sp³-hybridized carbons (Fsp3) is 0.500. The van der Waals surface area contributed by atoms with Crippen molar-refractivity contribution in [2.75, 3.05) is 32.7 Å². The molecule has 1 saturated heterocycles. The summed E-state index contributed by atoms with van der Waals surface area (Å²) < 4.78 is 1.11. The second-order valence-electron chi connectivity index (χ2n) is 4.42. The molecule has 19 heavy (non-hydrogen) atoms. The van der Waals surface area contributed by atoms with E-state index < -0.39 is 5.97 Å². The van der Waals surface area contributed by atoms with Crippen LogP contribution in [-0.2, 0) is 4.79 Å². The molecule has 1 aromatic heterocycles. The Balaban J connectivity index is 1.83. The molecule has 0 spiro atoms. The van der Waals surface area contributed by atoms with Crippen LogP contribution in [0.25, 0.3) is 0 Å². The third-order valence-electron chi connectivity index (χ3n) is 3.12. The average molecular weight is 394 g/mol. The van der Waals surface area contributed by atoms with Crippen LogP contribution in [0.1, 0.15) is 16.8 Å². The zero-order valence-electron chi connectivity index (χ0n) is 10.3. The third-order valence-corrected chi connectivity index (χ3v) is 4.90. The van der Waals surface area contributed by atoms with Crippen molar-refractivity contribution in [3.8, 4) is 0 Å². The van der Waals surface area contributed by atoms with E-state index in [0.717, 1.165) is 21.5 Å². The first-order valence-electron chi connectivity index (χ1n) is 6.03. The lowest BCUT2D eigenvalue weighted by Gasteiger charge is -2.34. The van der Waals surface area contributed by atoms with Gasteiger partial charge < -0.3 is 10.0 Å². The van der Waals surface area contributed by atoms with Crippen molar-refractivity contribution >= 4 is 45.8 Å². The van der Waals surface area contributed by atoms with Gasteiger partial charge in [-0.05, 0) is 28.7 Å². The summed E-state index contributed by atoms with van der Waals surface area (Å²) in [6, 6.07) is 1.91. The molecule has 0 radical (unpaired) electrons. The van der Waals surface area contributed by atoms with Gasteiger partial charge in [0, 0.05) is 38.1 Å². The predicted molar refractivity (Wildman–Crippen MR) is 81.6 cm³/mol. The summed E-state index contributed by atoms with van der Waals surface area (Å²) in [5, 5.41) is 10.5. The lowest BCUT2D eigenvalue weighted by Crippen LogP contribution is -2.49. The minimum atomic E-state index is -0.772. The molecule has 0 aliphatic carbocycles. The maximum atomic E-state index is 12.2. The van der Waals surface area contributed by atoms with E-state index in [4.69, 9.17) is 5.11 Å². The monoisotopic (exact) mass is 394 g/mol. The highest BCUT2D eigenvalue weighted by atomic mass is 127. The van der Waals surface area contributed by atoms with Crippen LogP contribution in [0.5, 0.6) is 0 Å². The zero-order valence-corrected chi connectivity index (χ0v) is 13.3. The predicted octanol–water partition coefficient (Wildman–Crippen LogP) is 1.59. The normalized spacial score (nSPS) is 16.6. The summed E-state index contributed by atoms with van der Waals surface area (Å²) in [6.07, 6.45) is 0.163. The molecule has 0 aromatic carbocycles. The van der Waals surface area contributed by atoms with Crippen molar-refractivity contribution in [1.82, 2.24) is 9.80 Å². The standard InChI is InChI=1S/C12H15IN2O3S/c13-10-7-9(8-19-10)12(18)15-5-3-14(4-6-15)2-1-11(16)17/h7-8H,1-6H2,(H,16,17). The smallest absolute Gasteiger partial charge is 0.304 e. The summed E-state index contributed by atoms with van der Waals surface area (Å²) in [5.74, 6) is -0.691. The molecule has 0 unspecified atom stereocenters. The minimum absolute atomic E-state index is 0.0806. The summed E-state index contributed by atoms with van der Waals surface area (Å²) in [4.78, 5) is 26.6. The Kier molecular flexibility index (Phi) is 5.17. The number of carboxylic acids is 1. The van der Waals surface area contributed by atoms with Gasteiger partial charge in [0.15, 0.2) is 0 Å². The second kappa shape index (κ2) is 6.67. The van der Waals surface area contributed by atoms with Gasteiger partial charge in [-0.25, -0.2) is 0 Å². The second-order valence-corrected chi connectivity index (χ2v) is 7.22. The van der Waals surface area contributed by atoms with Crippen LogP contribution in [-0.4, -0.2) is 59.5 Å². The molecule has 2 heterocycles. The highest BCUT2D eigenvalue weighted by Gasteiger charge is 2.22. The van der Waals surface area contributed by atoms with Crippen LogP contribution in [0.4, 0.5) is 0 Å². The van der Waals surface area contributed by atoms with Crippen LogP contribution >= 0.6 is 33.9 Å². The largest absolute Gasteiger partial charge is 0.481 e. The van der Waals surface area contributed by atoms with Crippen LogP contribution in [0.2, 0.25) is 0 Å². The molecule has 2 rings (SSSR count). The van der Waals surface area contributed by atoms with E-state index in [9.17, 15) is 9.59 Å². The van der Waals surface area contributed by atoms with E-state index in [1.807, 2.05) is 16.3 Å². The van der Waals surface area contributed by atoms with Gasteiger partial charge in [0.05, 0.1) is 14.9 Å². The van der Waals surface area contributed by atoms with Crippen LogP contribution < -0.4 is 0 Å². The Morgan fingerprint density at radius 3 is 2.53 bits per heavy atom. The Hall–Kier alpha value is -0.670. The maximum absolute atomic E-state index is 12.2. The van der Waals surface area contributed by atoms with Gasteiger partial charge in [-0.3, -0.25) is 14.5 Å². The first-order chi connectivity index (χ1) is 9.06. The number of amides is 1. The number of halogens is 1. The first kappa shape index (κ1) is 14.7. The molecule has 104 valence electrons. The van der Waals surface area contributed by atoms with Crippen LogP contribution in [0.3, 0.4) is 0 Å². The van der Waals surface area contributed by atoms with E-state index in [1.54, 1.807) is 11.3 Å². The molecular formula is C12H15IN2O3S. The van der Waals surface area contributed by atoms with Crippen molar-refractivity contribution in [3.05, 3.63) is 19.9 Å². The number of hydrogen-bond donors (Lipinski definition) is 1. The molecule has 1 aliphatic heterocycles. The summed E-state index contributed by atoms with van der Waals surface area (Å²) >= 11 is 3.78. The van der Waals surface area contributed by atoms with Gasteiger partial charge in [0.25, 0.3) is 5.91 Å². The molecule has 5 nitrogen and oxygen atoms in total. The number of thiophene rings is 1. The molecule has 1 aromatic rings. The van der Waals surface area contributed by atoms with Crippen molar-refractivity contribution in [1.29, 1.82) is 0 Å². The van der Waals surface area contributed by atoms with E-state index in [1.165, 1.54) is 0 Å². The number of carbonyl (C=O) groups excluding carboxylic acids is 1. The van der Waals surface area contributed by atoms with E-state index in [2.05, 4.69) is 27.5 Å². The molecule has 1 aliphatic rings. The lowest BCUT2D eigenvalue weighted by molar-refractivity contribution is -0.137. The van der Waals surface area contributed by atoms with E-state index in [0.29, 0.717) is 19.6 Å². The summed E-state index contributed by atoms with van der Waals surface area (Å²) in [5.41, 5.74) is 0.758. The molecule has 0 bridgehead atoms. The van der Waals surface area contributed by atoms with Gasteiger partial charge in [0.2, 0.25) is 0 Å². The highest BCUT2D eigenvalue weighted by molar-refractivity contribution is 14.1. The topological polar surface area (TPSA) is 60.9 Å². The maximum Gasteiger partial charge on any atom is 0.304 e. The van der Waals surface area contributed by atoms with Crippen LogP contribution in [0.15, 0.2) is 11.4 Å². The molecule has 0 saturated carbocycles. The van der Waals surface area contributed by atoms with Gasteiger partial charge in [0.1, 0.15) is 0 Å². The van der Waals surface area contributed by atoms with E-state index >= 15 is 0 Å². The number of piperazine rings is 1. The first-order valence-corrected chi connectivity index (χ1v) is 7.99. The lowest BCUT2D eigenvalue weighted by atomic mass is 10.2. The van der Waals surface area contributed by atoms with Gasteiger partial charge in [-0.2, -0.15) is 0 Å². The number of rotatable bonds is 4. The number of aliphatic carboxylic acids is 1. The average Bonchev–Trinajstić information content (AvgIpc) is 2.83. The molecule has 1 fully saturated rings. The number of hydrogen-bond acceptors (Lipinski definition) is 4. The fourth-order valence-electron chi connectivity index (χ4n) is 2.03. The van der Waals surface area contributed by atoms with Crippen LogP contribution in [0, 0.1) is 2.88 Å². The van der Waals surface area contributed by atoms with Gasteiger partial charge >= 0.3 is 5.97 Å². The number of nitrogens with zero attached hydrogens (tertiary/aromatic N) is 2. The Morgan fingerprint density at radius 2 is 2.00 bits per heavy atom. The molecule has 0 atom stereocenters. The van der Waals surface area contributed by atoms with Crippen molar-refractivity contribution < 1.29 is 14.7 Å². The number of carboxylic acid groups (broad SMARTS) is 1. The molecular weight excluding hydrogens is 379 g/mol. The van der Waals surface area contributed by atoms with Crippen molar-refractivity contribution in [2.24, 2.45) is 0 Å². The number of carbonyl (C=O) groups is 2. The fourth-order valence-corrected chi connectivity index (χ4v) is 3.35. The van der Waals surface area contributed by atoms with Crippen molar-refractivity contribution in [2.45, 2.75) is 6.42 Å². The minimum Gasteiger partial charge on any atom is -0.481 e. The molecule has 1 amide bonds. The Bertz CT molecular complexity index is 469. The SMILES string of the molecule is O=C(O)CCN1CCN(C(=O)c2csc(I)c2)CC1. The van der Waals surface area contributed by atoms with Crippen molar-refractivity contribution in [3.63, 3.8) is 0 Å². The zero-order chi connectivity index (χ0) is 13.8. The quantitative estimate of drug-likeness (QED) is 0.789. The summed E-state index contributed by atoms with van der Waals surface area (Å²) in [7, 11) is 0. The summed E-state index contributed by atoms with van der Waals surface area (Å²) in [6.45, 7) is 3.41. The van der Waals surface area contributed by atoms with Gasteiger partial charge in [-0.1, -0.05) is 0 Å². The van der Waals surface area contributed by atoms with Gasteiger partial charge in [-0.15, -0.1) is 11.3 Å².